The second kappa shape index (κ2) is 59.8. The predicted octanol–water partition coefficient (Wildman–Crippen LogP) is 20.0. The Balaban J connectivity index is 4.29. The summed E-state index contributed by atoms with van der Waals surface area (Å²) in [4.78, 5) is 38.0. The lowest BCUT2D eigenvalue weighted by atomic mass is 10.1. The monoisotopic (exact) mass is 1010 g/mol. The average Bonchev–Trinajstić information content (AvgIpc) is 3.39. The van der Waals surface area contributed by atoms with E-state index in [4.69, 9.17) is 14.2 Å². The lowest BCUT2D eigenvalue weighted by molar-refractivity contribution is -0.167. The number of rotatable bonds is 51. The van der Waals surface area contributed by atoms with E-state index in [0.29, 0.717) is 19.3 Å². The predicted molar refractivity (Wildman–Crippen MR) is 315 cm³/mol. The molecule has 0 spiro atoms. The Kier molecular flexibility index (Phi) is 56.0. The van der Waals surface area contributed by atoms with Crippen LogP contribution in [0.3, 0.4) is 0 Å². The highest BCUT2D eigenvalue weighted by Crippen LogP contribution is 2.13. The molecule has 0 N–H and O–H groups in total. The highest BCUT2D eigenvalue weighted by atomic mass is 16.6. The maximum atomic E-state index is 12.8. The van der Waals surface area contributed by atoms with E-state index in [-0.39, 0.29) is 31.1 Å². The van der Waals surface area contributed by atoms with Gasteiger partial charge in [0.25, 0.3) is 0 Å². The quantitative estimate of drug-likeness (QED) is 0.0261. The van der Waals surface area contributed by atoms with E-state index in [1.807, 2.05) is 0 Å². The van der Waals surface area contributed by atoms with Crippen molar-refractivity contribution in [2.75, 3.05) is 13.2 Å². The summed E-state index contributed by atoms with van der Waals surface area (Å²) in [5.41, 5.74) is 0. The normalized spacial score (nSPS) is 13.2. The molecular formula is C67H106O6. The van der Waals surface area contributed by atoms with Crippen LogP contribution >= 0.6 is 0 Å². The summed E-state index contributed by atoms with van der Waals surface area (Å²) in [5, 5.41) is 0. The number of carbonyl (C=O) groups is 3. The Morgan fingerprint density at radius 3 is 0.836 bits per heavy atom. The Labute approximate surface area is 448 Å². The molecule has 0 rings (SSSR count). The topological polar surface area (TPSA) is 78.9 Å². The Hall–Kier alpha value is -4.71. The molecule has 73 heavy (non-hydrogen) atoms. The molecule has 0 amide bonds. The summed E-state index contributed by atoms with van der Waals surface area (Å²) in [6, 6.07) is 0. The molecule has 0 radical (unpaired) electrons. The molecule has 0 aliphatic carbocycles. The minimum Gasteiger partial charge on any atom is -0.462 e. The van der Waals surface area contributed by atoms with E-state index in [1.54, 1.807) is 0 Å². The van der Waals surface area contributed by atoms with Crippen LogP contribution in [0.15, 0.2) is 146 Å². The molecule has 1 atom stereocenters. The summed E-state index contributed by atoms with van der Waals surface area (Å²) in [6.45, 7) is 6.32. The number of esters is 3. The summed E-state index contributed by atoms with van der Waals surface area (Å²) in [6.07, 6.45) is 85.7. The van der Waals surface area contributed by atoms with E-state index >= 15 is 0 Å². The first-order valence-electron chi connectivity index (χ1n) is 29.3. The zero-order valence-corrected chi connectivity index (χ0v) is 46.8. The van der Waals surface area contributed by atoms with Crippen LogP contribution in [-0.4, -0.2) is 37.2 Å². The van der Waals surface area contributed by atoms with E-state index < -0.39 is 6.10 Å². The third-order valence-electron chi connectivity index (χ3n) is 11.8. The van der Waals surface area contributed by atoms with Crippen LogP contribution in [0.1, 0.15) is 239 Å². The van der Waals surface area contributed by atoms with Gasteiger partial charge in [-0.25, -0.2) is 0 Å². The number of carbonyl (C=O) groups excluding carboxylic acids is 3. The van der Waals surface area contributed by atoms with Crippen molar-refractivity contribution in [3.8, 4) is 0 Å². The van der Waals surface area contributed by atoms with Gasteiger partial charge in [0.2, 0.25) is 0 Å². The first-order chi connectivity index (χ1) is 36.0. The van der Waals surface area contributed by atoms with Crippen molar-refractivity contribution < 1.29 is 28.6 Å². The molecule has 6 heteroatoms. The van der Waals surface area contributed by atoms with Crippen LogP contribution < -0.4 is 0 Å². The van der Waals surface area contributed by atoms with Crippen LogP contribution in [0.4, 0.5) is 0 Å². The second-order valence-electron chi connectivity index (χ2n) is 18.8. The minimum atomic E-state index is -0.800. The van der Waals surface area contributed by atoms with Gasteiger partial charge in [-0.2, -0.15) is 0 Å². The zero-order chi connectivity index (χ0) is 52.9. The fourth-order valence-electron chi connectivity index (χ4n) is 7.51. The van der Waals surface area contributed by atoms with Crippen molar-refractivity contribution >= 4 is 17.9 Å². The smallest absolute Gasteiger partial charge is 0.306 e. The molecular weight excluding hydrogens is 901 g/mol. The standard InChI is InChI=1S/C67H106O6/c1-4-7-10-13-16-18-20-22-24-26-28-29-30-31-32-33-34-35-36-37-39-40-42-44-46-48-51-54-57-60-66(69)72-63-64(62-71-65(68)59-56-53-50-15-12-9-6-3)73-67(70)61-58-55-52-49-47-45-43-41-38-27-25-23-21-19-17-14-11-8-5-2/h7-8,10-11,16-19,22-25,28-29,31-32,34-35,37-39,41-42,44,64H,4-6,9,12-15,20-21,26-27,30,33,36,40,43,45-63H2,1-3H3/b10-7-,11-8-,18-16-,19-17-,24-22-,25-23-,29-28-,32-31-,35-34-,39-37-,41-38-,44-42-. The van der Waals surface area contributed by atoms with Crippen molar-refractivity contribution in [3.05, 3.63) is 146 Å². The molecule has 0 aliphatic rings. The van der Waals surface area contributed by atoms with Gasteiger partial charge in [-0.15, -0.1) is 0 Å². The van der Waals surface area contributed by atoms with E-state index in [1.165, 1.54) is 38.5 Å². The molecule has 0 bridgehead atoms. The third-order valence-corrected chi connectivity index (χ3v) is 11.8. The van der Waals surface area contributed by atoms with Crippen LogP contribution in [0, 0.1) is 0 Å². The highest BCUT2D eigenvalue weighted by molar-refractivity contribution is 5.71. The molecule has 0 aromatic carbocycles. The number of unbranched alkanes of at least 4 members (excludes halogenated alkanes) is 16. The summed E-state index contributed by atoms with van der Waals surface area (Å²) >= 11 is 0. The molecule has 0 saturated carbocycles. The van der Waals surface area contributed by atoms with Gasteiger partial charge in [-0.1, -0.05) is 244 Å². The number of allylic oxidation sites excluding steroid dienone is 24. The average molecular weight is 1010 g/mol. The van der Waals surface area contributed by atoms with Crippen molar-refractivity contribution in [2.24, 2.45) is 0 Å². The number of hydrogen-bond donors (Lipinski definition) is 0. The molecule has 1 unspecified atom stereocenters. The maximum Gasteiger partial charge on any atom is 0.306 e. The summed E-state index contributed by atoms with van der Waals surface area (Å²) < 4.78 is 16.8. The van der Waals surface area contributed by atoms with E-state index in [0.717, 1.165) is 161 Å². The molecule has 0 aromatic rings. The molecule has 0 aliphatic heterocycles. The van der Waals surface area contributed by atoms with Crippen LogP contribution in [0.5, 0.6) is 0 Å². The third kappa shape index (κ3) is 58.1. The molecule has 0 fully saturated rings. The first-order valence-corrected chi connectivity index (χ1v) is 29.3. The molecule has 0 heterocycles. The van der Waals surface area contributed by atoms with Gasteiger partial charge in [-0.05, 0) is 122 Å². The van der Waals surface area contributed by atoms with Crippen molar-refractivity contribution in [1.82, 2.24) is 0 Å². The fourth-order valence-corrected chi connectivity index (χ4v) is 7.51. The lowest BCUT2D eigenvalue weighted by Gasteiger charge is -2.18. The molecule has 410 valence electrons. The van der Waals surface area contributed by atoms with Crippen molar-refractivity contribution in [3.63, 3.8) is 0 Å². The van der Waals surface area contributed by atoms with Gasteiger partial charge in [0.05, 0.1) is 0 Å². The molecule has 0 aromatic heterocycles. The number of hydrogen-bond acceptors (Lipinski definition) is 6. The van der Waals surface area contributed by atoms with Gasteiger partial charge >= 0.3 is 17.9 Å². The van der Waals surface area contributed by atoms with Gasteiger partial charge < -0.3 is 14.2 Å². The van der Waals surface area contributed by atoms with Gasteiger partial charge in [0, 0.05) is 19.3 Å². The van der Waals surface area contributed by atoms with Crippen molar-refractivity contribution in [1.29, 1.82) is 0 Å². The van der Waals surface area contributed by atoms with E-state index in [2.05, 4.69) is 167 Å². The van der Waals surface area contributed by atoms with Crippen LogP contribution in [-0.2, 0) is 28.6 Å². The highest BCUT2D eigenvalue weighted by Gasteiger charge is 2.19. The van der Waals surface area contributed by atoms with Crippen LogP contribution in [0.2, 0.25) is 0 Å². The first kappa shape index (κ1) is 68.3. The Morgan fingerprint density at radius 2 is 0.534 bits per heavy atom. The molecule has 0 saturated heterocycles. The second-order valence-corrected chi connectivity index (χ2v) is 18.8. The minimum absolute atomic E-state index is 0.0968. The summed E-state index contributed by atoms with van der Waals surface area (Å²) in [5.74, 6) is -0.950. The van der Waals surface area contributed by atoms with Crippen LogP contribution in [0.25, 0.3) is 0 Å². The Morgan fingerprint density at radius 1 is 0.288 bits per heavy atom. The van der Waals surface area contributed by atoms with Crippen molar-refractivity contribution in [2.45, 2.75) is 245 Å². The SMILES string of the molecule is CC/C=C\C/C=C\C/C=C\C/C=C\C/C=C\C/C=C\C/C=C\C/C=C\CCCCCCC(=O)OCC(COC(=O)CCCCCCCCC)OC(=O)CCCCCCCC/C=C\C/C=C\C/C=C\C/C=C\CC. The molecule has 6 nitrogen and oxygen atoms in total. The van der Waals surface area contributed by atoms with E-state index in [9.17, 15) is 14.4 Å². The largest absolute Gasteiger partial charge is 0.462 e. The van der Waals surface area contributed by atoms with Gasteiger partial charge in [-0.3, -0.25) is 14.4 Å². The van der Waals surface area contributed by atoms with Gasteiger partial charge in [0.15, 0.2) is 6.10 Å². The summed E-state index contributed by atoms with van der Waals surface area (Å²) in [7, 11) is 0. The zero-order valence-electron chi connectivity index (χ0n) is 46.8. The fraction of sp³-hybridized carbons (Fsp3) is 0.597. The Bertz CT molecular complexity index is 1630. The number of ether oxygens (including phenoxy) is 3. The maximum absolute atomic E-state index is 12.8. The lowest BCUT2D eigenvalue weighted by Crippen LogP contribution is -2.30. The van der Waals surface area contributed by atoms with Gasteiger partial charge in [0.1, 0.15) is 13.2 Å².